The van der Waals surface area contributed by atoms with Crippen LogP contribution in [-0.4, -0.2) is 58.4 Å². The van der Waals surface area contributed by atoms with Crippen LogP contribution in [0.25, 0.3) is 11.1 Å². The average molecular weight is 600 g/mol. The van der Waals surface area contributed by atoms with Crippen LogP contribution in [0.3, 0.4) is 0 Å². The minimum absolute atomic E-state index is 0.0527. The number of fused-ring (bicyclic) bond motifs is 1. The van der Waals surface area contributed by atoms with Gasteiger partial charge in [-0.1, -0.05) is 28.7 Å². The van der Waals surface area contributed by atoms with E-state index in [1.165, 1.54) is 13.1 Å². The zero-order valence-electron chi connectivity index (χ0n) is 21.4. The van der Waals surface area contributed by atoms with Crippen molar-refractivity contribution in [1.82, 2.24) is 20.0 Å². The number of carbonyl (C=O) groups excluding carboxylic acids is 1. The van der Waals surface area contributed by atoms with E-state index in [1.54, 1.807) is 11.8 Å². The highest BCUT2D eigenvalue weighted by atomic mass is 127. The van der Waals surface area contributed by atoms with Gasteiger partial charge in [-0.05, 0) is 72.7 Å². The van der Waals surface area contributed by atoms with Crippen LogP contribution < -0.4 is 15.0 Å². The highest BCUT2D eigenvalue weighted by Crippen LogP contribution is 2.35. The lowest BCUT2D eigenvalue weighted by Crippen LogP contribution is -2.29. The Hall–Kier alpha value is -2.59. The van der Waals surface area contributed by atoms with Gasteiger partial charge in [0.1, 0.15) is 5.75 Å². The molecule has 7 nitrogen and oxygen atoms in total. The maximum absolute atomic E-state index is 13.4. The van der Waals surface area contributed by atoms with Crippen LogP contribution in [0.5, 0.6) is 5.75 Å². The molecule has 3 heterocycles. The number of anilines is 1. The lowest BCUT2D eigenvalue weighted by Gasteiger charge is -2.23. The molecule has 2 aromatic carbocycles. The second-order valence-electron chi connectivity index (χ2n) is 10.2. The summed E-state index contributed by atoms with van der Waals surface area (Å²) in [7, 11) is 3.56. The molecular formula is C28H34IN5O2. The van der Waals surface area contributed by atoms with E-state index in [0.29, 0.717) is 0 Å². The monoisotopic (exact) mass is 599 g/mol. The maximum Gasteiger partial charge on any atom is 0.252 e. The van der Waals surface area contributed by atoms with E-state index in [9.17, 15) is 4.79 Å². The minimum Gasteiger partial charge on any atom is -0.497 e. The third kappa shape index (κ3) is 5.11. The zero-order chi connectivity index (χ0) is 25.4. The molecule has 3 atom stereocenters. The molecule has 2 unspecified atom stereocenters. The molecule has 0 spiro atoms. The molecule has 0 aliphatic carbocycles. The Bertz CT molecular complexity index is 1240. The number of ether oxygens (including phenoxy) is 1. The number of hydrogen-bond acceptors (Lipinski definition) is 5. The number of nitrogens with one attached hydrogen (secondary N) is 1. The minimum atomic E-state index is -0.184. The molecule has 190 valence electrons. The SMILES string of the molecule is COc1cc(-c2cnn(C)c2)cc([C@@H](C)NC(=O)c2cc(N3CC4CN(CI)CC4C3)ccc2C)c1. The fourth-order valence-corrected chi connectivity index (χ4v) is 6.09. The van der Waals surface area contributed by atoms with Gasteiger partial charge in [-0.15, -0.1) is 0 Å². The van der Waals surface area contributed by atoms with Gasteiger partial charge in [-0.3, -0.25) is 14.4 Å². The highest BCUT2D eigenvalue weighted by Gasteiger charge is 2.39. The third-order valence-electron chi connectivity index (χ3n) is 7.61. The standard InChI is InChI=1S/C28H34IN5O2/c1-18-5-6-25(34-15-23-13-33(17-29)14-24(23)16-34)10-27(18)28(35)31-19(2)20-7-21(9-26(8-20)36-4)22-11-30-32(3)12-22/h5-12,19,23-24H,13-17H2,1-4H3,(H,31,35)/t19-,23?,24?/m1/s1. The second kappa shape index (κ2) is 10.4. The number of rotatable bonds is 7. The predicted molar refractivity (Wildman–Crippen MR) is 152 cm³/mol. The van der Waals surface area contributed by atoms with Crippen molar-refractivity contribution in [2.24, 2.45) is 18.9 Å². The molecule has 2 aliphatic heterocycles. The first-order chi connectivity index (χ1) is 17.3. The largest absolute Gasteiger partial charge is 0.497 e. The number of alkyl halides is 1. The quantitative estimate of drug-likeness (QED) is 0.244. The summed E-state index contributed by atoms with van der Waals surface area (Å²) in [6.07, 6.45) is 3.81. The topological polar surface area (TPSA) is 62.6 Å². The van der Waals surface area contributed by atoms with Crippen LogP contribution in [0.1, 0.15) is 34.5 Å². The van der Waals surface area contributed by atoms with Crippen LogP contribution in [-0.2, 0) is 7.05 Å². The molecule has 0 saturated carbocycles. The summed E-state index contributed by atoms with van der Waals surface area (Å²) in [5.41, 5.74) is 5.88. The molecule has 5 rings (SSSR count). The highest BCUT2D eigenvalue weighted by molar-refractivity contribution is 14.1. The molecule has 2 fully saturated rings. The average Bonchev–Trinajstić information content (AvgIpc) is 3.58. The van der Waals surface area contributed by atoms with Gasteiger partial charge in [-0.2, -0.15) is 5.10 Å². The Morgan fingerprint density at radius 2 is 1.89 bits per heavy atom. The number of nitrogens with zero attached hydrogens (tertiary/aromatic N) is 4. The van der Waals surface area contributed by atoms with Gasteiger partial charge in [0.15, 0.2) is 0 Å². The van der Waals surface area contributed by atoms with E-state index >= 15 is 0 Å². The smallest absolute Gasteiger partial charge is 0.252 e. The summed E-state index contributed by atoms with van der Waals surface area (Å²) in [5.74, 6) is 2.15. The van der Waals surface area contributed by atoms with Crippen LogP contribution in [0.15, 0.2) is 48.8 Å². The van der Waals surface area contributed by atoms with E-state index in [4.69, 9.17) is 4.74 Å². The number of amides is 1. The first kappa shape index (κ1) is 25.1. The van der Waals surface area contributed by atoms with E-state index in [1.807, 2.05) is 45.4 Å². The molecule has 1 amide bonds. The fraction of sp³-hybridized carbons (Fsp3) is 0.429. The van der Waals surface area contributed by atoms with Crippen LogP contribution in [0, 0.1) is 18.8 Å². The lowest BCUT2D eigenvalue weighted by atomic mass is 10.0. The summed E-state index contributed by atoms with van der Waals surface area (Å²) in [5, 5.41) is 7.51. The van der Waals surface area contributed by atoms with Gasteiger partial charge < -0.3 is 15.0 Å². The third-order valence-corrected chi connectivity index (χ3v) is 8.58. The molecule has 2 aliphatic rings. The number of hydrogen-bond donors (Lipinski definition) is 1. The first-order valence-corrected chi connectivity index (χ1v) is 14.0. The molecular weight excluding hydrogens is 565 g/mol. The predicted octanol–water partition coefficient (Wildman–Crippen LogP) is 4.66. The molecule has 1 aromatic heterocycles. The fourth-order valence-electron chi connectivity index (χ4n) is 5.53. The number of carbonyl (C=O) groups is 1. The van der Waals surface area contributed by atoms with Gasteiger partial charge in [-0.25, -0.2) is 0 Å². The number of methoxy groups -OCH3 is 1. The molecule has 3 aromatic rings. The van der Waals surface area contributed by atoms with E-state index in [0.717, 1.165) is 68.7 Å². The second-order valence-corrected chi connectivity index (χ2v) is 10.9. The Kier molecular flexibility index (Phi) is 7.25. The molecule has 1 N–H and O–H groups in total. The van der Waals surface area contributed by atoms with E-state index < -0.39 is 0 Å². The van der Waals surface area contributed by atoms with E-state index in [-0.39, 0.29) is 11.9 Å². The van der Waals surface area contributed by atoms with Gasteiger partial charge in [0.05, 0.1) is 23.9 Å². The summed E-state index contributed by atoms with van der Waals surface area (Å²) in [6, 6.07) is 12.2. The Balaban J connectivity index is 1.32. The van der Waals surface area contributed by atoms with Crippen LogP contribution in [0.2, 0.25) is 0 Å². The van der Waals surface area contributed by atoms with Crippen molar-refractivity contribution in [2.75, 3.05) is 42.7 Å². The van der Waals surface area contributed by atoms with Crippen molar-refractivity contribution >= 4 is 34.2 Å². The van der Waals surface area contributed by atoms with Crippen molar-refractivity contribution in [1.29, 1.82) is 0 Å². The Labute approximate surface area is 226 Å². The number of halogens is 1. The van der Waals surface area contributed by atoms with Crippen molar-refractivity contribution < 1.29 is 9.53 Å². The Morgan fingerprint density at radius 1 is 1.14 bits per heavy atom. The lowest BCUT2D eigenvalue weighted by molar-refractivity contribution is 0.0939. The van der Waals surface area contributed by atoms with Crippen molar-refractivity contribution in [2.45, 2.75) is 19.9 Å². The van der Waals surface area contributed by atoms with Gasteiger partial charge in [0, 0.05) is 56.2 Å². The maximum atomic E-state index is 13.4. The Morgan fingerprint density at radius 3 is 2.53 bits per heavy atom. The number of aromatic nitrogens is 2. The summed E-state index contributed by atoms with van der Waals surface area (Å²) in [6.45, 7) is 8.52. The van der Waals surface area contributed by atoms with Gasteiger partial charge in [0.25, 0.3) is 5.91 Å². The summed E-state index contributed by atoms with van der Waals surface area (Å²) in [4.78, 5) is 18.4. The van der Waals surface area contributed by atoms with Crippen molar-refractivity contribution in [3.8, 4) is 16.9 Å². The zero-order valence-corrected chi connectivity index (χ0v) is 23.5. The summed E-state index contributed by atoms with van der Waals surface area (Å²) < 4.78 is 8.44. The number of likely N-dealkylation sites (tertiary alicyclic amines) is 1. The molecule has 2 saturated heterocycles. The van der Waals surface area contributed by atoms with Crippen molar-refractivity contribution in [3.63, 3.8) is 0 Å². The van der Waals surface area contributed by atoms with Gasteiger partial charge in [0.2, 0.25) is 0 Å². The van der Waals surface area contributed by atoms with Crippen LogP contribution in [0.4, 0.5) is 5.69 Å². The van der Waals surface area contributed by atoms with E-state index in [2.05, 4.69) is 67.1 Å². The normalized spacial score (nSPS) is 20.4. The van der Waals surface area contributed by atoms with Crippen LogP contribution >= 0.6 is 22.6 Å². The molecule has 0 bridgehead atoms. The van der Waals surface area contributed by atoms with Gasteiger partial charge >= 0.3 is 0 Å². The summed E-state index contributed by atoms with van der Waals surface area (Å²) >= 11 is 2.46. The number of benzene rings is 2. The van der Waals surface area contributed by atoms with Crippen molar-refractivity contribution in [3.05, 3.63) is 65.5 Å². The number of aryl methyl sites for hydroxylation is 2. The first-order valence-electron chi connectivity index (χ1n) is 12.5. The molecule has 36 heavy (non-hydrogen) atoms. The molecule has 8 heteroatoms. The molecule has 0 radical (unpaired) electrons.